The molecule has 1 radical (unpaired) electrons. The third-order valence-electron chi connectivity index (χ3n) is 3.45. The Labute approximate surface area is 80.3 Å². The van der Waals surface area contributed by atoms with Crippen LogP contribution in [0.1, 0.15) is 39.0 Å². The molecule has 2 aliphatic rings. The SMILES string of the molecule is CC1(C(=O)N2C[CH]CCC2)CCC1. The maximum Gasteiger partial charge on any atom is 0.228 e. The third-order valence-corrected chi connectivity index (χ3v) is 3.45. The number of carbonyl (C=O) groups excluding carboxylic acids is 1. The standard InChI is InChI=1S/C11H18NO/c1-11(6-5-7-11)10(13)12-8-3-2-4-9-12/h3H,2,4-9H2,1H3. The maximum absolute atomic E-state index is 12.0. The molecular formula is C11H18NO. The molecule has 1 saturated carbocycles. The summed E-state index contributed by atoms with van der Waals surface area (Å²) in [5, 5.41) is 0. The first-order valence-corrected chi connectivity index (χ1v) is 5.33. The Balaban J connectivity index is 1.95. The number of nitrogens with zero attached hydrogens (tertiary/aromatic N) is 1. The van der Waals surface area contributed by atoms with Crippen molar-refractivity contribution in [3.05, 3.63) is 6.42 Å². The van der Waals surface area contributed by atoms with Gasteiger partial charge in [0.1, 0.15) is 0 Å². The van der Waals surface area contributed by atoms with Crippen molar-refractivity contribution in [1.82, 2.24) is 4.90 Å². The van der Waals surface area contributed by atoms with Crippen molar-refractivity contribution in [3.63, 3.8) is 0 Å². The van der Waals surface area contributed by atoms with Crippen molar-refractivity contribution >= 4 is 5.91 Å². The topological polar surface area (TPSA) is 20.3 Å². The number of piperidine rings is 1. The second-order valence-corrected chi connectivity index (χ2v) is 4.60. The largest absolute Gasteiger partial charge is 0.342 e. The first-order valence-electron chi connectivity index (χ1n) is 5.33. The molecule has 2 rings (SSSR count). The van der Waals surface area contributed by atoms with Crippen molar-refractivity contribution in [1.29, 1.82) is 0 Å². The van der Waals surface area contributed by atoms with Crippen molar-refractivity contribution in [2.24, 2.45) is 5.41 Å². The van der Waals surface area contributed by atoms with Gasteiger partial charge in [-0.1, -0.05) is 13.3 Å². The van der Waals surface area contributed by atoms with Crippen molar-refractivity contribution in [2.75, 3.05) is 13.1 Å². The summed E-state index contributed by atoms with van der Waals surface area (Å²) in [6.07, 6.45) is 8.00. The molecule has 13 heavy (non-hydrogen) atoms. The van der Waals surface area contributed by atoms with Gasteiger partial charge in [0.25, 0.3) is 0 Å². The second-order valence-electron chi connectivity index (χ2n) is 4.60. The van der Waals surface area contributed by atoms with Crippen LogP contribution in [-0.2, 0) is 4.79 Å². The first-order chi connectivity index (χ1) is 6.22. The van der Waals surface area contributed by atoms with Gasteiger partial charge in [-0.25, -0.2) is 0 Å². The molecule has 0 aromatic heterocycles. The fraction of sp³-hybridized carbons (Fsp3) is 0.818. The lowest BCUT2D eigenvalue weighted by atomic mass is 9.69. The van der Waals surface area contributed by atoms with Crippen LogP contribution in [0.4, 0.5) is 0 Å². The highest BCUT2D eigenvalue weighted by atomic mass is 16.2. The van der Waals surface area contributed by atoms with E-state index in [2.05, 4.69) is 13.3 Å². The summed E-state index contributed by atoms with van der Waals surface area (Å²) in [7, 11) is 0. The van der Waals surface area contributed by atoms with Crippen LogP contribution in [-0.4, -0.2) is 23.9 Å². The number of carbonyl (C=O) groups is 1. The van der Waals surface area contributed by atoms with E-state index < -0.39 is 0 Å². The summed E-state index contributed by atoms with van der Waals surface area (Å²) in [5.41, 5.74) is 0.00514. The van der Waals surface area contributed by atoms with Crippen LogP contribution in [0.15, 0.2) is 0 Å². The van der Waals surface area contributed by atoms with Crippen LogP contribution >= 0.6 is 0 Å². The molecule has 1 amide bonds. The summed E-state index contributed by atoms with van der Waals surface area (Å²) >= 11 is 0. The average molecular weight is 180 g/mol. The molecule has 0 aromatic rings. The van der Waals surface area contributed by atoms with Gasteiger partial charge in [-0.15, -0.1) is 0 Å². The number of amides is 1. The monoisotopic (exact) mass is 180 g/mol. The maximum atomic E-state index is 12.0. The van der Waals surface area contributed by atoms with Crippen molar-refractivity contribution in [3.8, 4) is 0 Å². The van der Waals surface area contributed by atoms with Gasteiger partial charge < -0.3 is 4.90 Å². The zero-order valence-electron chi connectivity index (χ0n) is 8.38. The highest BCUT2D eigenvalue weighted by molar-refractivity contribution is 5.83. The van der Waals surface area contributed by atoms with E-state index in [1.807, 2.05) is 4.90 Å². The lowest BCUT2D eigenvalue weighted by Gasteiger charge is -2.41. The van der Waals surface area contributed by atoms with Gasteiger partial charge in [0.05, 0.1) is 0 Å². The highest BCUT2D eigenvalue weighted by Gasteiger charge is 2.41. The van der Waals surface area contributed by atoms with E-state index in [0.29, 0.717) is 5.91 Å². The fourth-order valence-electron chi connectivity index (χ4n) is 2.25. The van der Waals surface area contributed by atoms with E-state index in [9.17, 15) is 4.79 Å². The molecule has 2 fully saturated rings. The summed E-state index contributed by atoms with van der Waals surface area (Å²) in [5.74, 6) is 0.398. The van der Waals surface area contributed by atoms with Crippen LogP contribution in [0.25, 0.3) is 0 Å². The Morgan fingerprint density at radius 3 is 2.62 bits per heavy atom. The average Bonchev–Trinajstić information content (AvgIpc) is 2.14. The van der Waals surface area contributed by atoms with Crippen molar-refractivity contribution in [2.45, 2.75) is 39.0 Å². The smallest absolute Gasteiger partial charge is 0.228 e. The van der Waals surface area contributed by atoms with E-state index in [4.69, 9.17) is 0 Å². The van der Waals surface area contributed by atoms with Crippen LogP contribution in [0, 0.1) is 11.8 Å². The molecule has 2 heteroatoms. The van der Waals surface area contributed by atoms with Gasteiger partial charge in [0.15, 0.2) is 0 Å². The quantitative estimate of drug-likeness (QED) is 0.604. The predicted molar refractivity (Wildman–Crippen MR) is 52.1 cm³/mol. The molecule has 0 spiro atoms. The van der Waals surface area contributed by atoms with Gasteiger partial charge in [-0.05, 0) is 32.1 Å². The minimum Gasteiger partial charge on any atom is -0.342 e. The van der Waals surface area contributed by atoms with Crippen molar-refractivity contribution < 1.29 is 4.79 Å². The van der Waals surface area contributed by atoms with E-state index in [1.165, 1.54) is 12.8 Å². The Morgan fingerprint density at radius 1 is 1.38 bits per heavy atom. The number of rotatable bonds is 1. The Hall–Kier alpha value is -0.530. The molecule has 1 aliphatic carbocycles. The van der Waals surface area contributed by atoms with Gasteiger partial charge in [-0.3, -0.25) is 4.79 Å². The molecule has 0 bridgehead atoms. The van der Waals surface area contributed by atoms with Crippen LogP contribution in [0.3, 0.4) is 0 Å². The summed E-state index contributed by atoms with van der Waals surface area (Å²) < 4.78 is 0. The Bertz CT molecular complexity index is 202. The Kier molecular flexibility index (Phi) is 2.31. The molecular weight excluding hydrogens is 162 g/mol. The first kappa shape index (κ1) is 9.04. The van der Waals surface area contributed by atoms with Crippen LogP contribution < -0.4 is 0 Å². The predicted octanol–water partition coefficient (Wildman–Crippen LogP) is 2.00. The summed E-state index contributed by atoms with van der Waals surface area (Å²) in [6, 6.07) is 0. The van der Waals surface area contributed by atoms with Crippen LogP contribution in [0.5, 0.6) is 0 Å². The lowest BCUT2D eigenvalue weighted by molar-refractivity contribution is -0.146. The molecule has 2 nitrogen and oxygen atoms in total. The van der Waals surface area contributed by atoms with Gasteiger partial charge in [0, 0.05) is 18.5 Å². The third kappa shape index (κ3) is 1.59. The van der Waals surface area contributed by atoms with E-state index in [0.717, 1.165) is 32.4 Å². The zero-order chi connectivity index (χ0) is 9.31. The van der Waals surface area contributed by atoms with E-state index in [-0.39, 0.29) is 5.41 Å². The minimum absolute atomic E-state index is 0.00514. The second kappa shape index (κ2) is 3.32. The van der Waals surface area contributed by atoms with E-state index >= 15 is 0 Å². The van der Waals surface area contributed by atoms with Gasteiger partial charge in [-0.2, -0.15) is 0 Å². The number of likely N-dealkylation sites (tertiary alicyclic amines) is 1. The molecule has 1 heterocycles. The normalized spacial score (nSPS) is 26.7. The van der Waals surface area contributed by atoms with Gasteiger partial charge >= 0.3 is 0 Å². The number of hydrogen-bond acceptors (Lipinski definition) is 1. The number of hydrogen-bond donors (Lipinski definition) is 0. The highest BCUT2D eigenvalue weighted by Crippen LogP contribution is 2.42. The summed E-state index contributed by atoms with van der Waals surface area (Å²) in [4.78, 5) is 14.0. The molecule has 1 saturated heterocycles. The summed E-state index contributed by atoms with van der Waals surface area (Å²) in [6.45, 7) is 3.98. The molecule has 0 unspecified atom stereocenters. The fourth-order valence-corrected chi connectivity index (χ4v) is 2.25. The van der Waals surface area contributed by atoms with Gasteiger partial charge in [0.2, 0.25) is 5.91 Å². The Morgan fingerprint density at radius 2 is 2.15 bits per heavy atom. The van der Waals surface area contributed by atoms with E-state index in [1.54, 1.807) is 0 Å². The molecule has 0 aromatic carbocycles. The molecule has 1 aliphatic heterocycles. The molecule has 73 valence electrons. The molecule has 0 N–H and O–H groups in total. The molecule has 0 atom stereocenters. The zero-order valence-corrected chi connectivity index (χ0v) is 8.38. The minimum atomic E-state index is 0.00514. The van der Waals surface area contributed by atoms with Crippen LogP contribution in [0.2, 0.25) is 0 Å². The lowest BCUT2D eigenvalue weighted by Crippen LogP contribution is -2.48.